The van der Waals surface area contributed by atoms with Gasteiger partial charge < -0.3 is 5.11 Å². The van der Waals surface area contributed by atoms with E-state index >= 15 is 0 Å². The van der Waals surface area contributed by atoms with E-state index in [9.17, 15) is 12.8 Å². The minimum Gasteiger partial charge on any atom is -0.384 e. The van der Waals surface area contributed by atoms with Gasteiger partial charge in [0.05, 0.1) is 11.3 Å². The molecule has 92 valence electrons. The summed E-state index contributed by atoms with van der Waals surface area (Å²) in [5.41, 5.74) is 0.193. The van der Waals surface area contributed by atoms with Crippen LogP contribution in [0.3, 0.4) is 0 Å². The number of aliphatic hydroxyl groups excluding tert-OH is 1. The molecule has 0 unspecified atom stereocenters. The van der Waals surface area contributed by atoms with Crippen molar-refractivity contribution in [1.29, 1.82) is 0 Å². The van der Waals surface area contributed by atoms with Crippen molar-refractivity contribution in [3.8, 4) is 11.8 Å². The van der Waals surface area contributed by atoms with Crippen LogP contribution in [0.1, 0.15) is 5.56 Å². The van der Waals surface area contributed by atoms with Crippen molar-refractivity contribution in [1.82, 2.24) is 4.72 Å². The lowest BCUT2D eigenvalue weighted by molar-refractivity contribution is 0.350. The Morgan fingerprint density at radius 2 is 2.18 bits per heavy atom. The summed E-state index contributed by atoms with van der Waals surface area (Å²) in [6, 6.07) is 3.61. The Kier molecular flexibility index (Phi) is 4.45. The second-order valence-corrected chi connectivity index (χ2v) is 4.58. The Morgan fingerprint density at radius 3 is 2.76 bits per heavy atom. The molecule has 0 aliphatic carbocycles. The second kappa shape index (κ2) is 5.63. The number of nitrogens with one attached hydrogen (secondary N) is 2. The summed E-state index contributed by atoms with van der Waals surface area (Å²) in [7, 11) is -2.39. The maximum absolute atomic E-state index is 13.2. The first kappa shape index (κ1) is 13.4. The van der Waals surface area contributed by atoms with Crippen LogP contribution in [0.15, 0.2) is 18.2 Å². The number of halogens is 1. The highest BCUT2D eigenvalue weighted by molar-refractivity contribution is 7.90. The number of hydrogen-bond acceptors (Lipinski definition) is 3. The standard InChI is InChI=1S/C10H11FN2O3S/c1-12-17(15,16)13-9-4-5-10(11)8(7-9)3-2-6-14/h4-5,7,12-14H,6H2,1H3. The van der Waals surface area contributed by atoms with Gasteiger partial charge in [0.2, 0.25) is 0 Å². The number of hydrogen-bond donors (Lipinski definition) is 3. The molecule has 17 heavy (non-hydrogen) atoms. The molecule has 0 saturated heterocycles. The molecule has 5 nitrogen and oxygen atoms in total. The monoisotopic (exact) mass is 258 g/mol. The molecule has 1 rings (SSSR count). The molecule has 0 fully saturated rings. The Bertz CT molecular complexity index is 561. The van der Waals surface area contributed by atoms with Gasteiger partial charge in [-0.2, -0.15) is 8.42 Å². The highest BCUT2D eigenvalue weighted by Crippen LogP contribution is 2.14. The molecule has 0 aliphatic rings. The van der Waals surface area contributed by atoms with E-state index in [4.69, 9.17) is 5.11 Å². The number of aliphatic hydroxyl groups is 1. The van der Waals surface area contributed by atoms with Crippen LogP contribution in [0.4, 0.5) is 10.1 Å². The van der Waals surface area contributed by atoms with E-state index in [1.54, 1.807) is 0 Å². The molecule has 7 heteroatoms. The predicted molar refractivity (Wildman–Crippen MR) is 62.0 cm³/mol. The largest absolute Gasteiger partial charge is 0.384 e. The summed E-state index contributed by atoms with van der Waals surface area (Å²) < 4.78 is 39.8. The molecular formula is C10H11FN2O3S. The fourth-order valence-electron chi connectivity index (χ4n) is 1.03. The van der Waals surface area contributed by atoms with Gasteiger partial charge in [-0.25, -0.2) is 9.11 Å². The van der Waals surface area contributed by atoms with E-state index < -0.39 is 22.6 Å². The molecule has 0 bridgehead atoms. The summed E-state index contributed by atoms with van der Waals surface area (Å²) in [6.07, 6.45) is 0. The summed E-state index contributed by atoms with van der Waals surface area (Å²) in [4.78, 5) is 0. The van der Waals surface area contributed by atoms with Crippen molar-refractivity contribution in [3.05, 3.63) is 29.6 Å². The van der Waals surface area contributed by atoms with Crippen LogP contribution in [0.2, 0.25) is 0 Å². The SMILES string of the molecule is CNS(=O)(=O)Nc1ccc(F)c(C#CCO)c1. The molecule has 1 aromatic rings. The molecule has 1 aromatic carbocycles. The van der Waals surface area contributed by atoms with Crippen molar-refractivity contribution in [2.75, 3.05) is 18.4 Å². The zero-order valence-corrected chi connectivity index (χ0v) is 9.81. The molecule has 0 aliphatic heterocycles. The summed E-state index contributed by atoms with van der Waals surface area (Å²) in [6.45, 7) is -0.397. The van der Waals surface area contributed by atoms with Gasteiger partial charge in [0.1, 0.15) is 12.4 Å². The Morgan fingerprint density at radius 1 is 1.47 bits per heavy atom. The summed E-state index contributed by atoms with van der Waals surface area (Å²) >= 11 is 0. The Hall–Kier alpha value is -1.62. The molecule has 0 radical (unpaired) electrons. The van der Waals surface area contributed by atoms with Crippen molar-refractivity contribution < 1.29 is 17.9 Å². The normalized spacial score (nSPS) is 10.5. The first-order valence-corrected chi connectivity index (χ1v) is 6.07. The highest BCUT2D eigenvalue weighted by Gasteiger charge is 2.08. The third kappa shape index (κ3) is 4.03. The van der Waals surface area contributed by atoms with Gasteiger partial charge in [0, 0.05) is 7.05 Å². The van der Waals surface area contributed by atoms with E-state index in [-0.39, 0.29) is 11.3 Å². The van der Waals surface area contributed by atoms with Crippen LogP contribution in [0, 0.1) is 17.7 Å². The lowest BCUT2D eigenvalue weighted by Crippen LogP contribution is -2.26. The smallest absolute Gasteiger partial charge is 0.298 e. The molecule has 0 amide bonds. The first-order chi connectivity index (χ1) is 7.98. The average molecular weight is 258 g/mol. The van der Waals surface area contributed by atoms with Gasteiger partial charge in [-0.05, 0) is 18.2 Å². The zero-order chi connectivity index (χ0) is 12.9. The predicted octanol–water partition coefficient (Wildman–Crippen LogP) is 0.0456. The summed E-state index contributed by atoms with van der Waals surface area (Å²) in [5, 5.41) is 8.49. The van der Waals surface area contributed by atoms with Crippen molar-refractivity contribution >= 4 is 15.9 Å². The summed E-state index contributed by atoms with van der Waals surface area (Å²) in [5.74, 6) is 4.07. The first-order valence-electron chi connectivity index (χ1n) is 4.59. The van der Waals surface area contributed by atoms with Crippen LogP contribution < -0.4 is 9.44 Å². The van der Waals surface area contributed by atoms with Gasteiger partial charge in [-0.3, -0.25) is 4.72 Å². The lowest BCUT2D eigenvalue weighted by Gasteiger charge is -2.06. The Balaban J connectivity index is 3.05. The van der Waals surface area contributed by atoms with Crippen LogP contribution in [-0.2, 0) is 10.2 Å². The maximum Gasteiger partial charge on any atom is 0.298 e. The van der Waals surface area contributed by atoms with Crippen LogP contribution in [-0.4, -0.2) is 27.2 Å². The van der Waals surface area contributed by atoms with Crippen LogP contribution >= 0.6 is 0 Å². The van der Waals surface area contributed by atoms with Crippen molar-refractivity contribution in [3.63, 3.8) is 0 Å². The van der Waals surface area contributed by atoms with Gasteiger partial charge >= 0.3 is 0 Å². The van der Waals surface area contributed by atoms with E-state index in [2.05, 4.69) is 21.3 Å². The molecular weight excluding hydrogens is 247 g/mol. The fraction of sp³-hybridized carbons (Fsp3) is 0.200. The number of rotatable bonds is 3. The van der Waals surface area contributed by atoms with E-state index in [0.29, 0.717) is 0 Å². The molecule has 0 saturated carbocycles. The number of benzene rings is 1. The van der Waals surface area contributed by atoms with Crippen molar-refractivity contribution in [2.45, 2.75) is 0 Å². The number of anilines is 1. The third-order valence-corrected chi connectivity index (χ3v) is 2.83. The highest BCUT2D eigenvalue weighted by atomic mass is 32.2. The molecule has 3 N–H and O–H groups in total. The molecule has 0 heterocycles. The average Bonchev–Trinajstić information content (AvgIpc) is 2.29. The second-order valence-electron chi connectivity index (χ2n) is 2.96. The van der Waals surface area contributed by atoms with Gasteiger partial charge in [-0.15, -0.1) is 0 Å². The minimum atomic E-state index is -3.64. The van der Waals surface area contributed by atoms with E-state index in [1.807, 2.05) is 0 Å². The van der Waals surface area contributed by atoms with Crippen molar-refractivity contribution in [2.24, 2.45) is 0 Å². The molecule has 0 aromatic heterocycles. The minimum absolute atomic E-state index is 0.00959. The lowest BCUT2D eigenvalue weighted by atomic mass is 10.2. The quantitative estimate of drug-likeness (QED) is 0.670. The van der Waals surface area contributed by atoms with Crippen LogP contribution in [0.5, 0.6) is 0 Å². The maximum atomic E-state index is 13.2. The Labute approximate surface area is 98.8 Å². The topological polar surface area (TPSA) is 78.4 Å². The molecule has 0 atom stereocenters. The van der Waals surface area contributed by atoms with Crippen LogP contribution in [0.25, 0.3) is 0 Å². The van der Waals surface area contributed by atoms with Gasteiger partial charge in [-0.1, -0.05) is 11.8 Å². The molecule has 0 spiro atoms. The zero-order valence-electron chi connectivity index (χ0n) is 8.99. The van der Waals surface area contributed by atoms with Gasteiger partial charge in [0.15, 0.2) is 0 Å². The van der Waals surface area contributed by atoms with Gasteiger partial charge in [0.25, 0.3) is 10.2 Å². The van der Waals surface area contributed by atoms with E-state index in [0.717, 1.165) is 6.07 Å². The third-order valence-electron chi connectivity index (χ3n) is 1.79. The fourth-order valence-corrected chi connectivity index (χ4v) is 1.56. The van der Waals surface area contributed by atoms with E-state index in [1.165, 1.54) is 19.2 Å².